The van der Waals surface area contributed by atoms with E-state index in [1.807, 2.05) is 6.92 Å². The molecule has 0 aliphatic heterocycles. The Hall–Kier alpha value is -0.410. The van der Waals surface area contributed by atoms with E-state index in [-0.39, 0.29) is 12.2 Å². The maximum absolute atomic E-state index is 10.2. The minimum absolute atomic E-state index is 0.183. The van der Waals surface area contributed by atoms with Crippen LogP contribution in [-0.2, 0) is 14.3 Å². The number of rotatable bonds is 6. The number of hydrogen-bond donors (Lipinski definition) is 0. The first kappa shape index (κ1) is 10.6. The molecule has 0 saturated carbocycles. The van der Waals surface area contributed by atoms with Crippen LogP contribution in [0.4, 0.5) is 0 Å². The fourth-order valence-corrected chi connectivity index (χ4v) is 1.07. The standard InChI is InChI=1S/C8H16O3/c1-4-7(5-6-9)8(10-2)11-3/h6-8H,4-5H2,1-3H3. The Bertz CT molecular complexity index is 99.5. The van der Waals surface area contributed by atoms with Gasteiger partial charge in [0.1, 0.15) is 6.29 Å². The first-order valence-electron chi connectivity index (χ1n) is 3.79. The Morgan fingerprint density at radius 2 is 1.91 bits per heavy atom. The zero-order valence-electron chi connectivity index (χ0n) is 7.37. The molecule has 0 aliphatic carbocycles. The Balaban J connectivity index is 3.85. The van der Waals surface area contributed by atoms with Crippen molar-refractivity contribution in [1.29, 1.82) is 0 Å². The second kappa shape index (κ2) is 6.31. The van der Waals surface area contributed by atoms with Crippen molar-refractivity contribution in [1.82, 2.24) is 0 Å². The largest absolute Gasteiger partial charge is 0.356 e. The van der Waals surface area contributed by atoms with Gasteiger partial charge in [-0.2, -0.15) is 0 Å². The van der Waals surface area contributed by atoms with Crippen LogP contribution in [-0.4, -0.2) is 26.8 Å². The highest BCUT2D eigenvalue weighted by Crippen LogP contribution is 2.14. The number of ether oxygens (including phenoxy) is 2. The van der Waals surface area contributed by atoms with Gasteiger partial charge in [0.05, 0.1) is 0 Å². The highest BCUT2D eigenvalue weighted by molar-refractivity contribution is 5.49. The molecular weight excluding hydrogens is 144 g/mol. The van der Waals surface area contributed by atoms with Crippen LogP contribution in [0.1, 0.15) is 19.8 Å². The maximum Gasteiger partial charge on any atom is 0.159 e. The molecule has 0 spiro atoms. The predicted octanol–water partition coefficient (Wildman–Crippen LogP) is 1.22. The molecular formula is C8H16O3. The van der Waals surface area contributed by atoms with Crippen LogP contribution in [0, 0.1) is 5.92 Å². The first-order chi connectivity index (χ1) is 5.29. The van der Waals surface area contributed by atoms with E-state index in [2.05, 4.69) is 0 Å². The summed E-state index contributed by atoms with van der Waals surface area (Å²) in [7, 11) is 3.17. The Labute approximate surface area is 67.7 Å². The van der Waals surface area contributed by atoms with Gasteiger partial charge in [-0.15, -0.1) is 0 Å². The lowest BCUT2D eigenvalue weighted by Gasteiger charge is -2.21. The van der Waals surface area contributed by atoms with E-state index in [1.54, 1.807) is 14.2 Å². The molecule has 3 heteroatoms. The molecule has 0 amide bonds. The second-order valence-electron chi connectivity index (χ2n) is 2.41. The molecule has 0 aliphatic rings. The van der Waals surface area contributed by atoms with E-state index < -0.39 is 0 Å². The van der Waals surface area contributed by atoms with E-state index in [1.165, 1.54) is 0 Å². The highest BCUT2D eigenvalue weighted by atomic mass is 16.7. The minimum Gasteiger partial charge on any atom is -0.356 e. The summed E-state index contributed by atoms with van der Waals surface area (Å²) in [6.07, 6.45) is 2.05. The number of aldehydes is 1. The summed E-state index contributed by atoms with van der Waals surface area (Å²) in [5.41, 5.74) is 0. The van der Waals surface area contributed by atoms with E-state index in [0.717, 1.165) is 12.7 Å². The molecule has 0 aromatic carbocycles. The van der Waals surface area contributed by atoms with Gasteiger partial charge in [0.25, 0.3) is 0 Å². The monoisotopic (exact) mass is 160 g/mol. The number of carbonyl (C=O) groups is 1. The zero-order chi connectivity index (χ0) is 8.69. The number of hydrogen-bond acceptors (Lipinski definition) is 3. The van der Waals surface area contributed by atoms with Crippen LogP contribution >= 0.6 is 0 Å². The highest BCUT2D eigenvalue weighted by Gasteiger charge is 2.17. The van der Waals surface area contributed by atoms with Crippen molar-refractivity contribution in [2.24, 2.45) is 5.92 Å². The van der Waals surface area contributed by atoms with Gasteiger partial charge in [0.2, 0.25) is 0 Å². The van der Waals surface area contributed by atoms with Crippen LogP contribution in [0.2, 0.25) is 0 Å². The fraction of sp³-hybridized carbons (Fsp3) is 0.875. The van der Waals surface area contributed by atoms with Gasteiger partial charge in [0, 0.05) is 26.6 Å². The lowest BCUT2D eigenvalue weighted by atomic mass is 10.0. The maximum atomic E-state index is 10.2. The third kappa shape index (κ3) is 3.49. The van der Waals surface area contributed by atoms with Gasteiger partial charge in [0.15, 0.2) is 6.29 Å². The van der Waals surface area contributed by atoms with Gasteiger partial charge in [-0.3, -0.25) is 0 Å². The van der Waals surface area contributed by atoms with E-state index >= 15 is 0 Å². The van der Waals surface area contributed by atoms with Crippen molar-refractivity contribution in [3.8, 4) is 0 Å². The zero-order valence-corrected chi connectivity index (χ0v) is 7.37. The molecule has 0 N–H and O–H groups in total. The molecule has 1 unspecified atom stereocenters. The molecule has 11 heavy (non-hydrogen) atoms. The Kier molecular flexibility index (Phi) is 6.07. The van der Waals surface area contributed by atoms with Crippen molar-refractivity contribution < 1.29 is 14.3 Å². The van der Waals surface area contributed by atoms with Crippen molar-refractivity contribution in [2.45, 2.75) is 26.1 Å². The van der Waals surface area contributed by atoms with Crippen molar-refractivity contribution in [3.05, 3.63) is 0 Å². The van der Waals surface area contributed by atoms with Crippen LogP contribution in [0.5, 0.6) is 0 Å². The van der Waals surface area contributed by atoms with Crippen LogP contribution in [0.15, 0.2) is 0 Å². The third-order valence-corrected chi connectivity index (χ3v) is 1.77. The van der Waals surface area contributed by atoms with Crippen molar-refractivity contribution in [2.75, 3.05) is 14.2 Å². The van der Waals surface area contributed by atoms with Gasteiger partial charge < -0.3 is 14.3 Å². The molecule has 0 fully saturated rings. The summed E-state index contributed by atoms with van der Waals surface area (Å²) >= 11 is 0. The Morgan fingerprint density at radius 3 is 2.18 bits per heavy atom. The number of methoxy groups -OCH3 is 2. The molecule has 1 atom stereocenters. The van der Waals surface area contributed by atoms with Gasteiger partial charge >= 0.3 is 0 Å². The molecule has 0 bridgehead atoms. The topological polar surface area (TPSA) is 35.5 Å². The number of carbonyl (C=O) groups excluding carboxylic acids is 1. The second-order valence-corrected chi connectivity index (χ2v) is 2.41. The lowest BCUT2D eigenvalue weighted by Crippen LogP contribution is -2.24. The van der Waals surface area contributed by atoms with Crippen LogP contribution < -0.4 is 0 Å². The van der Waals surface area contributed by atoms with Gasteiger partial charge in [-0.05, 0) is 6.42 Å². The minimum atomic E-state index is -0.245. The molecule has 0 radical (unpaired) electrons. The van der Waals surface area contributed by atoms with Crippen molar-refractivity contribution in [3.63, 3.8) is 0 Å². The summed E-state index contributed by atoms with van der Waals surface area (Å²) in [6, 6.07) is 0. The molecule has 0 heterocycles. The van der Waals surface area contributed by atoms with Gasteiger partial charge in [-0.1, -0.05) is 6.92 Å². The van der Waals surface area contributed by atoms with Crippen LogP contribution in [0.25, 0.3) is 0 Å². The summed E-state index contributed by atoms with van der Waals surface area (Å²) in [6.45, 7) is 2.01. The summed E-state index contributed by atoms with van der Waals surface area (Å²) in [4.78, 5) is 10.2. The van der Waals surface area contributed by atoms with Gasteiger partial charge in [-0.25, -0.2) is 0 Å². The molecule has 0 aromatic rings. The average molecular weight is 160 g/mol. The van der Waals surface area contributed by atoms with E-state index in [9.17, 15) is 4.79 Å². The molecule has 0 saturated heterocycles. The SMILES string of the molecule is CCC(CC=O)C(OC)OC. The molecule has 0 aromatic heterocycles. The van der Waals surface area contributed by atoms with Crippen molar-refractivity contribution >= 4 is 6.29 Å². The summed E-state index contributed by atoms with van der Waals surface area (Å²) < 4.78 is 10.0. The predicted molar refractivity (Wildman–Crippen MR) is 42.3 cm³/mol. The fourth-order valence-electron chi connectivity index (χ4n) is 1.07. The third-order valence-electron chi connectivity index (χ3n) is 1.77. The van der Waals surface area contributed by atoms with Crippen LogP contribution in [0.3, 0.4) is 0 Å². The first-order valence-corrected chi connectivity index (χ1v) is 3.79. The average Bonchev–Trinajstić information content (AvgIpc) is 2.05. The molecule has 3 nitrogen and oxygen atoms in total. The summed E-state index contributed by atoms with van der Waals surface area (Å²) in [5, 5.41) is 0. The molecule has 66 valence electrons. The Morgan fingerprint density at radius 1 is 1.36 bits per heavy atom. The normalized spacial score (nSPS) is 13.5. The quantitative estimate of drug-likeness (QED) is 0.433. The molecule has 0 rings (SSSR count). The van der Waals surface area contributed by atoms with E-state index in [4.69, 9.17) is 9.47 Å². The van der Waals surface area contributed by atoms with E-state index in [0.29, 0.717) is 6.42 Å². The summed E-state index contributed by atoms with van der Waals surface area (Å²) in [5.74, 6) is 0.183. The lowest BCUT2D eigenvalue weighted by molar-refractivity contribution is -0.142. The smallest absolute Gasteiger partial charge is 0.159 e.